The lowest BCUT2D eigenvalue weighted by Gasteiger charge is -2.19. The Labute approximate surface area is 115 Å². The Hall–Kier alpha value is -1.90. The van der Waals surface area contributed by atoms with Crippen LogP contribution in [-0.4, -0.2) is 9.97 Å². The summed E-state index contributed by atoms with van der Waals surface area (Å²) in [5, 5.41) is 3.38. The van der Waals surface area contributed by atoms with E-state index in [1.807, 2.05) is 13.0 Å². The summed E-state index contributed by atoms with van der Waals surface area (Å²) in [6.07, 6.45) is 1.79. The van der Waals surface area contributed by atoms with Crippen LogP contribution in [0.15, 0.2) is 36.5 Å². The normalized spacial score (nSPS) is 11.4. The van der Waals surface area contributed by atoms with Crippen molar-refractivity contribution in [3.8, 4) is 0 Å². The third kappa shape index (κ3) is 3.78. The van der Waals surface area contributed by atoms with Crippen LogP contribution in [0.25, 0.3) is 0 Å². The highest BCUT2D eigenvalue weighted by Gasteiger charge is 2.12. The lowest BCUT2D eigenvalue weighted by molar-refractivity contribution is 0.590. The first-order chi connectivity index (χ1) is 8.95. The van der Waals surface area contributed by atoms with Crippen LogP contribution in [0.1, 0.15) is 37.9 Å². The van der Waals surface area contributed by atoms with E-state index in [9.17, 15) is 0 Å². The molecule has 0 saturated carbocycles. The minimum atomic E-state index is 0.197. The molecular weight excluding hydrogens is 234 g/mol. The van der Waals surface area contributed by atoms with E-state index >= 15 is 0 Å². The SMILES string of the molecule is Cc1nccc(CNc2ccc(C(C)(C)C)cc2)n1. The number of hydrogen-bond donors (Lipinski definition) is 1. The standard InChI is InChI=1S/C16H21N3/c1-12-17-10-9-15(19-12)11-18-14-7-5-13(6-8-14)16(2,3)4/h5-10,18H,11H2,1-4H3. The van der Waals surface area contributed by atoms with Crippen molar-refractivity contribution in [1.82, 2.24) is 9.97 Å². The largest absolute Gasteiger partial charge is 0.379 e. The van der Waals surface area contributed by atoms with Crippen LogP contribution in [0.3, 0.4) is 0 Å². The van der Waals surface area contributed by atoms with Crippen molar-refractivity contribution in [3.63, 3.8) is 0 Å². The van der Waals surface area contributed by atoms with Gasteiger partial charge in [-0.05, 0) is 36.1 Å². The Kier molecular flexibility index (Phi) is 3.84. The first-order valence-corrected chi connectivity index (χ1v) is 6.58. The number of nitrogens with zero attached hydrogens (tertiary/aromatic N) is 2. The van der Waals surface area contributed by atoms with Gasteiger partial charge in [0.15, 0.2) is 0 Å². The number of nitrogens with one attached hydrogen (secondary N) is 1. The minimum absolute atomic E-state index is 0.197. The lowest BCUT2D eigenvalue weighted by atomic mass is 9.87. The van der Waals surface area contributed by atoms with Gasteiger partial charge in [-0.15, -0.1) is 0 Å². The number of benzene rings is 1. The molecule has 2 aromatic rings. The Balaban J connectivity index is 2.01. The van der Waals surface area contributed by atoms with Gasteiger partial charge in [-0.25, -0.2) is 9.97 Å². The molecule has 1 aromatic carbocycles. The topological polar surface area (TPSA) is 37.8 Å². The van der Waals surface area contributed by atoms with E-state index in [-0.39, 0.29) is 5.41 Å². The number of aryl methyl sites for hydroxylation is 1. The average molecular weight is 255 g/mol. The Morgan fingerprint density at radius 3 is 2.32 bits per heavy atom. The highest BCUT2D eigenvalue weighted by atomic mass is 14.9. The zero-order chi connectivity index (χ0) is 13.9. The molecule has 0 aliphatic carbocycles. The zero-order valence-corrected chi connectivity index (χ0v) is 12.1. The van der Waals surface area contributed by atoms with Crippen molar-refractivity contribution < 1.29 is 0 Å². The van der Waals surface area contributed by atoms with Crippen LogP contribution in [0.5, 0.6) is 0 Å². The van der Waals surface area contributed by atoms with E-state index in [0.717, 1.165) is 23.8 Å². The van der Waals surface area contributed by atoms with Gasteiger partial charge in [0.05, 0.1) is 12.2 Å². The van der Waals surface area contributed by atoms with E-state index in [0.29, 0.717) is 0 Å². The van der Waals surface area contributed by atoms with E-state index in [4.69, 9.17) is 0 Å². The molecule has 0 spiro atoms. The summed E-state index contributed by atoms with van der Waals surface area (Å²) in [5.74, 6) is 0.808. The zero-order valence-electron chi connectivity index (χ0n) is 12.1. The second kappa shape index (κ2) is 5.39. The van der Waals surface area contributed by atoms with Crippen LogP contribution in [-0.2, 0) is 12.0 Å². The molecule has 0 atom stereocenters. The molecule has 19 heavy (non-hydrogen) atoms. The summed E-state index contributed by atoms with van der Waals surface area (Å²) in [7, 11) is 0. The first-order valence-electron chi connectivity index (χ1n) is 6.58. The smallest absolute Gasteiger partial charge is 0.125 e. The van der Waals surface area contributed by atoms with Crippen molar-refractivity contribution in [1.29, 1.82) is 0 Å². The van der Waals surface area contributed by atoms with Gasteiger partial charge in [0, 0.05) is 11.9 Å². The second-order valence-electron chi connectivity index (χ2n) is 5.78. The second-order valence-corrected chi connectivity index (χ2v) is 5.78. The van der Waals surface area contributed by atoms with E-state index in [2.05, 4.69) is 60.3 Å². The van der Waals surface area contributed by atoms with Gasteiger partial charge in [0.25, 0.3) is 0 Å². The van der Waals surface area contributed by atoms with Gasteiger partial charge in [0.2, 0.25) is 0 Å². The van der Waals surface area contributed by atoms with Crippen LogP contribution in [0.2, 0.25) is 0 Å². The van der Waals surface area contributed by atoms with Crippen molar-refractivity contribution in [2.75, 3.05) is 5.32 Å². The molecule has 0 radical (unpaired) electrons. The van der Waals surface area contributed by atoms with Gasteiger partial charge in [-0.2, -0.15) is 0 Å². The Morgan fingerprint density at radius 2 is 1.74 bits per heavy atom. The highest BCUT2D eigenvalue weighted by Crippen LogP contribution is 2.23. The van der Waals surface area contributed by atoms with Crippen molar-refractivity contribution in [3.05, 3.63) is 53.6 Å². The summed E-state index contributed by atoms with van der Waals surface area (Å²) >= 11 is 0. The number of hydrogen-bond acceptors (Lipinski definition) is 3. The van der Waals surface area contributed by atoms with E-state index in [1.54, 1.807) is 6.20 Å². The fourth-order valence-corrected chi connectivity index (χ4v) is 1.88. The summed E-state index contributed by atoms with van der Waals surface area (Å²) in [4.78, 5) is 8.47. The molecule has 2 rings (SSSR count). The quantitative estimate of drug-likeness (QED) is 0.908. The van der Waals surface area contributed by atoms with Crippen molar-refractivity contribution in [2.45, 2.75) is 39.7 Å². The molecule has 1 aromatic heterocycles. The highest BCUT2D eigenvalue weighted by molar-refractivity contribution is 5.46. The van der Waals surface area contributed by atoms with Crippen LogP contribution in [0.4, 0.5) is 5.69 Å². The fraction of sp³-hybridized carbons (Fsp3) is 0.375. The maximum atomic E-state index is 4.37. The molecule has 0 fully saturated rings. The maximum Gasteiger partial charge on any atom is 0.125 e. The van der Waals surface area contributed by atoms with Gasteiger partial charge >= 0.3 is 0 Å². The molecule has 3 nitrogen and oxygen atoms in total. The van der Waals surface area contributed by atoms with Gasteiger partial charge in [0.1, 0.15) is 5.82 Å². The number of aromatic nitrogens is 2. The van der Waals surface area contributed by atoms with Crippen molar-refractivity contribution >= 4 is 5.69 Å². The molecule has 100 valence electrons. The average Bonchev–Trinajstić information content (AvgIpc) is 2.36. The number of anilines is 1. The Bertz CT molecular complexity index is 539. The predicted octanol–water partition coefficient (Wildman–Crippen LogP) is 3.69. The van der Waals surface area contributed by atoms with Crippen molar-refractivity contribution in [2.24, 2.45) is 0 Å². The molecule has 0 saturated heterocycles. The third-order valence-corrected chi connectivity index (χ3v) is 3.06. The monoisotopic (exact) mass is 255 g/mol. The van der Waals surface area contributed by atoms with Crippen LogP contribution >= 0.6 is 0 Å². The molecule has 0 aliphatic heterocycles. The van der Waals surface area contributed by atoms with Gasteiger partial charge in [-0.1, -0.05) is 32.9 Å². The van der Waals surface area contributed by atoms with Gasteiger partial charge in [-0.3, -0.25) is 0 Å². The molecule has 0 bridgehead atoms. The van der Waals surface area contributed by atoms with Crippen LogP contribution in [0, 0.1) is 6.92 Å². The first kappa shape index (κ1) is 13.5. The molecule has 1 heterocycles. The number of rotatable bonds is 3. The van der Waals surface area contributed by atoms with E-state index in [1.165, 1.54) is 5.56 Å². The molecule has 0 aliphatic rings. The fourth-order valence-electron chi connectivity index (χ4n) is 1.88. The summed E-state index contributed by atoms with van der Waals surface area (Å²) in [6, 6.07) is 10.5. The third-order valence-electron chi connectivity index (χ3n) is 3.06. The van der Waals surface area contributed by atoms with Gasteiger partial charge < -0.3 is 5.32 Å². The van der Waals surface area contributed by atoms with Crippen LogP contribution < -0.4 is 5.32 Å². The summed E-state index contributed by atoms with van der Waals surface area (Å²) in [6.45, 7) is 9.29. The molecular formula is C16H21N3. The molecule has 0 unspecified atom stereocenters. The van der Waals surface area contributed by atoms with E-state index < -0.39 is 0 Å². The Morgan fingerprint density at radius 1 is 1.05 bits per heavy atom. The summed E-state index contributed by atoms with van der Waals surface area (Å²) in [5.41, 5.74) is 3.66. The molecule has 1 N–H and O–H groups in total. The summed E-state index contributed by atoms with van der Waals surface area (Å²) < 4.78 is 0. The lowest BCUT2D eigenvalue weighted by Crippen LogP contribution is -2.11. The minimum Gasteiger partial charge on any atom is -0.379 e. The molecule has 3 heteroatoms. The predicted molar refractivity (Wildman–Crippen MR) is 79.2 cm³/mol. The molecule has 0 amide bonds. The maximum absolute atomic E-state index is 4.37.